The Bertz CT molecular complexity index is 807. The Balaban J connectivity index is 1.72. The number of unbranched alkanes of at least 4 members (excludes halogenated alkanes) is 2. The molecule has 0 bridgehead atoms. The summed E-state index contributed by atoms with van der Waals surface area (Å²) in [5.41, 5.74) is 1.63. The molecule has 1 N–H and O–H groups in total. The standard InChI is InChI=1S/C19H23N3OS/c1-3-4-5-8-14(2)20-18(23)15-9-10-16-17(13-15)24-19(21-16)22-11-6-7-12-22/h6-7,9-14H,3-5,8H2,1-2H3,(H,20,23). The second-order valence-corrected chi connectivity index (χ2v) is 7.15. The molecule has 0 saturated carbocycles. The van der Waals surface area contributed by atoms with Gasteiger partial charge in [-0.15, -0.1) is 0 Å². The fraction of sp³-hybridized carbons (Fsp3) is 0.368. The molecule has 3 aromatic rings. The number of benzene rings is 1. The van der Waals surface area contributed by atoms with Crippen LogP contribution in [0, 0.1) is 0 Å². The molecular weight excluding hydrogens is 318 g/mol. The maximum absolute atomic E-state index is 12.4. The maximum Gasteiger partial charge on any atom is 0.251 e. The number of nitrogens with zero attached hydrogens (tertiary/aromatic N) is 2. The summed E-state index contributed by atoms with van der Waals surface area (Å²) in [6.45, 7) is 4.26. The summed E-state index contributed by atoms with van der Waals surface area (Å²) < 4.78 is 3.02. The zero-order chi connectivity index (χ0) is 16.9. The van der Waals surface area contributed by atoms with Gasteiger partial charge in [-0.1, -0.05) is 37.5 Å². The number of fused-ring (bicyclic) bond motifs is 1. The van der Waals surface area contributed by atoms with Gasteiger partial charge in [0.05, 0.1) is 10.2 Å². The molecule has 1 atom stereocenters. The molecule has 0 fully saturated rings. The monoisotopic (exact) mass is 341 g/mol. The summed E-state index contributed by atoms with van der Waals surface area (Å²) in [6, 6.07) is 9.88. The Morgan fingerprint density at radius 1 is 1.29 bits per heavy atom. The SMILES string of the molecule is CCCCCC(C)NC(=O)c1ccc2nc(-n3cccc3)sc2c1. The van der Waals surface area contributed by atoms with Crippen LogP contribution in [0.4, 0.5) is 0 Å². The van der Waals surface area contributed by atoms with E-state index in [9.17, 15) is 4.79 Å². The number of nitrogens with one attached hydrogen (secondary N) is 1. The van der Waals surface area contributed by atoms with Crippen LogP contribution in [0.1, 0.15) is 49.9 Å². The van der Waals surface area contributed by atoms with Crippen molar-refractivity contribution in [3.8, 4) is 5.13 Å². The third-order valence-corrected chi connectivity index (χ3v) is 5.11. The lowest BCUT2D eigenvalue weighted by molar-refractivity contribution is 0.0938. The number of rotatable bonds is 7. The molecule has 0 aliphatic rings. The smallest absolute Gasteiger partial charge is 0.251 e. The van der Waals surface area contributed by atoms with E-state index in [1.54, 1.807) is 11.3 Å². The molecule has 5 heteroatoms. The van der Waals surface area contributed by atoms with Crippen LogP contribution in [0.25, 0.3) is 15.3 Å². The Morgan fingerprint density at radius 2 is 2.08 bits per heavy atom. The first-order chi connectivity index (χ1) is 11.7. The van der Waals surface area contributed by atoms with Gasteiger partial charge in [0.2, 0.25) is 0 Å². The lowest BCUT2D eigenvalue weighted by atomic mass is 10.1. The van der Waals surface area contributed by atoms with Gasteiger partial charge in [-0.25, -0.2) is 4.98 Å². The highest BCUT2D eigenvalue weighted by molar-refractivity contribution is 7.20. The highest BCUT2D eigenvalue weighted by atomic mass is 32.1. The minimum absolute atomic E-state index is 0.00295. The molecule has 0 spiro atoms. The number of amides is 1. The molecule has 126 valence electrons. The third kappa shape index (κ3) is 3.85. The van der Waals surface area contributed by atoms with Crippen LogP contribution < -0.4 is 5.32 Å². The van der Waals surface area contributed by atoms with E-state index in [1.165, 1.54) is 12.8 Å². The summed E-state index contributed by atoms with van der Waals surface area (Å²) in [6.07, 6.45) is 8.56. The van der Waals surface area contributed by atoms with E-state index >= 15 is 0 Å². The molecule has 3 rings (SSSR count). The first kappa shape index (κ1) is 16.7. The molecule has 1 unspecified atom stereocenters. The van der Waals surface area contributed by atoms with E-state index < -0.39 is 0 Å². The quantitative estimate of drug-likeness (QED) is 0.628. The third-order valence-electron chi connectivity index (χ3n) is 4.08. The van der Waals surface area contributed by atoms with Crippen LogP contribution in [0.5, 0.6) is 0 Å². The van der Waals surface area contributed by atoms with E-state index in [2.05, 4.69) is 24.1 Å². The molecule has 0 aliphatic heterocycles. The summed E-state index contributed by atoms with van der Waals surface area (Å²) in [4.78, 5) is 17.1. The van der Waals surface area contributed by atoms with Gasteiger partial charge in [-0.2, -0.15) is 0 Å². The first-order valence-corrected chi connectivity index (χ1v) is 9.34. The summed E-state index contributed by atoms with van der Waals surface area (Å²) >= 11 is 1.59. The Morgan fingerprint density at radius 3 is 2.83 bits per heavy atom. The van der Waals surface area contributed by atoms with Gasteiger partial charge < -0.3 is 9.88 Å². The van der Waals surface area contributed by atoms with Gasteiger partial charge in [-0.3, -0.25) is 4.79 Å². The molecule has 1 aromatic carbocycles. The molecule has 1 amide bonds. The van der Waals surface area contributed by atoms with Crippen LogP contribution in [-0.4, -0.2) is 21.5 Å². The van der Waals surface area contributed by atoms with Gasteiger partial charge >= 0.3 is 0 Å². The van der Waals surface area contributed by atoms with Crippen molar-refractivity contribution in [1.29, 1.82) is 0 Å². The lowest BCUT2D eigenvalue weighted by Gasteiger charge is -2.13. The van der Waals surface area contributed by atoms with Gasteiger partial charge in [0.25, 0.3) is 5.91 Å². The largest absolute Gasteiger partial charge is 0.350 e. The molecule has 0 saturated heterocycles. The van der Waals surface area contributed by atoms with Gasteiger partial charge in [0.15, 0.2) is 5.13 Å². The fourth-order valence-electron chi connectivity index (χ4n) is 2.71. The fourth-order valence-corrected chi connectivity index (χ4v) is 3.68. The predicted octanol–water partition coefficient (Wildman–Crippen LogP) is 4.79. The highest BCUT2D eigenvalue weighted by Crippen LogP contribution is 2.26. The van der Waals surface area contributed by atoms with Crippen molar-refractivity contribution in [2.24, 2.45) is 0 Å². The van der Waals surface area contributed by atoms with Gasteiger partial charge in [0, 0.05) is 24.0 Å². The van der Waals surface area contributed by atoms with E-state index in [-0.39, 0.29) is 11.9 Å². The van der Waals surface area contributed by atoms with Crippen molar-refractivity contribution in [3.63, 3.8) is 0 Å². The van der Waals surface area contributed by atoms with E-state index in [0.717, 1.165) is 28.2 Å². The molecule has 0 aliphatic carbocycles. The van der Waals surface area contributed by atoms with Crippen molar-refractivity contribution in [1.82, 2.24) is 14.9 Å². The van der Waals surface area contributed by atoms with Crippen molar-refractivity contribution >= 4 is 27.5 Å². The van der Waals surface area contributed by atoms with Gasteiger partial charge in [0.1, 0.15) is 0 Å². The van der Waals surface area contributed by atoms with Crippen molar-refractivity contribution in [3.05, 3.63) is 48.3 Å². The summed E-state index contributed by atoms with van der Waals surface area (Å²) in [5, 5.41) is 4.01. The highest BCUT2D eigenvalue weighted by Gasteiger charge is 2.12. The van der Waals surface area contributed by atoms with Crippen LogP contribution in [0.2, 0.25) is 0 Å². The summed E-state index contributed by atoms with van der Waals surface area (Å²) in [5.74, 6) is -0.00295. The topological polar surface area (TPSA) is 46.9 Å². The van der Waals surface area contributed by atoms with E-state index in [0.29, 0.717) is 5.56 Å². The minimum atomic E-state index is -0.00295. The zero-order valence-electron chi connectivity index (χ0n) is 14.2. The van der Waals surface area contributed by atoms with E-state index in [4.69, 9.17) is 0 Å². The molecule has 0 radical (unpaired) electrons. The molecule has 2 aromatic heterocycles. The number of hydrogen-bond acceptors (Lipinski definition) is 3. The van der Waals surface area contributed by atoms with Gasteiger partial charge in [-0.05, 0) is 43.7 Å². The molecule has 24 heavy (non-hydrogen) atoms. The number of aromatic nitrogens is 2. The number of carbonyl (C=O) groups is 1. The van der Waals surface area contributed by atoms with Crippen LogP contribution in [-0.2, 0) is 0 Å². The lowest BCUT2D eigenvalue weighted by Crippen LogP contribution is -2.32. The number of hydrogen-bond donors (Lipinski definition) is 1. The second-order valence-electron chi connectivity index (χ2n) is 6.14. The van der Waals surface area contributed by atoms with Crippen molar-refractivity contribution < 1.29 is 4.79 Å². The molecule has 2 heterocycles. The van der Waals surface area contributed by atoms with Crippen molar-refractivity contribution in [2.45, 2.75) is 45.6 Å². The Hall–Kier alpha value is -2.14. The zero-order valence-corrected chi connectivity index (χ0v) is 15.0. The van der Waals surface area contributed by atoms with Crippen molar-refractivity contribution in [2.75, 3.05) is 0 Å². The first-order valence-electron chi connectivity index (χ1n) is 8.52. The number of thiazole rings is 1. The average Bonchev–Trinajstić information content (AvgIpc) is 3.23. The van der Waals surface area contributed by atoms with Crippen LogP contribution >= 0.6 is 11.3 Å². The minimum Gasteiger partial charge on any atom is -0.350 e. The van der Waals surface area contributed by atoms with E-state index in [1.807, 2.05) is 47.3 Å². The molecule has 4 nitrogen and oxygen atoms in total. The number of carbonyl (C=O) groups excluding carboxylic acids is 1. The van der Waals surface area contributed by atoms with Crippen LogP contribution in [0.3, 0.4) is 0 Å². The Kier molecular flexibility index (Phi) is 5.30. The van der Waals surface area contributed by atoms with Crippen LogP contribution in [0.15, 0.2) is 42.7 Å². The maximum atomic E-state index is 12.4. The average molecular weight is 341 g/mol. The summed E-state index contributed by atoms with van der Waals surface area (Å²) in [7, 11) is 0. The second kappa shape index (κ2) is 7.62. The predicted molar refractivity (Wildman–Crippen MR) is 100 cm³/mol. The normalized spacial score (nSPS) is 12.4. The molecular formula is C19H23N3OS. The Labute approximate surface area is 146 Å².